The Labute approximate surface area is 91.4 Å². The molecular formula is C10H9ClN2O2. The molecule has 4 nitrogen and oxygen atoms in total. The molecule has 0 aromatic carbocycles. The lowest BCUT2D eigenvalue weighted by atomic mass is 10.3. The first-order valence-electron chi connectivity index (χ1n) is 4.33. The van der Waals surface area contributed by atoms with Gasteiger partial charge in [0.05, 0.1) is 12.1 Å². The fourth-order valence-corrected chi connectivity index (χ4v) is 1.65. The first kappa shape index (κ1) is 9.98. The highest BCUT2D eigenvalue weighted by Crippen LogP contribution is 2.23. The van der Waals surface area contributed by atoms with Crippen molar-refractivity contribution < 1.29 is 9.53 Å². The molecule has 0 radical (unpaired) electrons. The zero-order valence-electron chi connectivity index (χ0n) is 8.32. The standard InChI is InChI=1S/C10H9ClN2O2/c1-13-4-3-6-7(11)5-8(10(14)15-2)12-9(6)13/h3-5H,1-2H3. The Kier molecular flexibility index (Phi) is 2.36. The Balaban J connectivity index is 2.70. The fraction of sp³-hybridized carbons (Fsp3) is 0.200. The van der Waals surface area contributed by atoms with Gasteiger partial charge in [0.25, 0.3) is 0 Å². The summed E-state index contributed by atoms with van der Waals surface area (Å²) < 4.78 is 6.39. The van der Waals surface area contributed by atoms with E-state index >= 15 is 0 Å². The molecule has 2 heterocycles. The first-order chi connectivity index (χ1) is 7.13. The van der Waals surface area contributed by atoms with Gasteiger partial charge >= 0.3 is 5.97 Å². The van der Waals surface area contributed by atoms with Crippen molar-refractivity contribution in [1.29, 1.82) is 0 Å². The van der Waals surface area contributed by atoms with Gasteiger partial charge in [-0.25, -0.2) is 9.78 Å². The number of carbonyl (C=O) groups excluding carboxylic acids is 1. The highest BCUT2D eigenvalue weighted by molar-refractivity contribution is 6.35. The van der Waals surface area contributed by atoms with Gasteiger partial charge in [-0.3, -0.25) is 0 Å². The Hall–Kier alpha value is -1.55. The summed E-state index contributed by atoms with van der Waals surface area (Å²) in [6, 6.07) is 3.36. The third kappa shape index (κ3) is 1.57. The van der Waals surface area contributed by atoms with E-state index in [4.69, 9.17) is 11.6 Å². The lowest BCUT2D eigenvalue weighted by molar-refractivity contribution is 0.0594. The number of hydrogen-bond acceptors (Lipinski definition) is 3. The lowest BCUT2D eigenvalue weighted by Gasteiger charge is -2.01. The molecule has 2 aromatic rings. The van der Waals surface area contributed by atoms with Gasteiger partial charge in [-0.1, -0.05) is 11.6 Å². The predicted molar refractivity (Wildman–Crippen MR) is 57.1 cm³/mol. The normalized spacial score (nSPS) is 10.6. The molecule has 0 spiro atoms. The number of esters is 1. The Morgan fingerprint density at radius 2 is 2.33 bits per heavy atom. The van der Waals surface area contributed by atoms with Gasteiger partial charge in [-0.2, -0.15) is 0 Å². The number of aromatic nitrogens is 2. The molecule has 0 saturated heterocycles. The molecule has 0 amide bonds. The number of fused-ring (bicyclic) bond motifs is 1. The van der Waals surface area contributed by atoms with Crippen molar-refractivity contribution >= 4 is 28.6 Å². The Bertz CT molecular complexity index is 533. The van der Waals surface area contributed by atoms with Crippen molar-refractivity contribution in [2.45, 2.75) is 0 Å². The van der Waals surface area contributed by atoms with Crippen molar-refractivity contribution in [1.82, 2.24) is 9.55 Å². The second kappa shape index (κ2) is 3.55. The van der Waals surface area contributed by atoms with Crippen LogP contribution in [0.4, 0.5) is 0 Å². The molecule has 0 aliphatic heterocycles. The molecule has 78 valence electrons. The minimum atomic E-state index is -0.486. The van der Waals surface area contributed by atoms with E-state index in [-0.39, 0.29) is 5.69 Å². The summed E-state index contributed by atoms with van der Waals surface area (Å²) in [6.07, 6.45) is 1.84. The second-order valence-electron chi connectivity index (χ2n) is 3.14. The van der Waals surface area contributed by atoms with Crippen LogP contribution in [0.1, 0.15) is 10.5 Å². The van der Waals surface area contributed by atoms with Gasteiger partial charge in [-0.15, -0.1) is 0 Å². The van der Waals surface area contributed by atoms with Crippen LogP contribution in [0.3, 0.4) is 0 Å². The first-order valence-corrected chi connectivity index (χ1v) is 4.71. The van der Waals surface area contributed by atoms with E-state index in [0.717, 1.165) is 5.39 Å². The maximum Gasteiger partial charge on any atom is 0.356 e. The van der Waals surface area contributed by atoms with E-state index in [0.29, 0.717) is 10.7 Å². The van der Waals surface area contributed by atoms with Crippen LogP contribution in [0.15, 0.2) is 18.3 Å². The smallest absolute Gasteiger partial charge is 0.356 e. The quantitative estimate of drug-likeness (QED) is 0.696. The zero-order valence-corrected chi connectivity index (χ0v) is 9.08. The van der Waals surface area contributed by atoms with Gasteiger partial charge in [-0.05, 0) is 12.1 Å². The van der Waals surface area contributed by atoms with E-state index in [1.165, 1.54) is 13.2 Å². The van der Waals surface area contributed by atoms with Crippen LogP contribution >= 0.6 is 11.6 Å². The minimum Gasteiger partial charge on any atom is -0.464 e. The van der Waals surface area contributed by atoms with Crippen molar-refractivity contribution in [3.63, 3.8) is 0 Å². The van der Waals surface area contributed by atoms with Gasteiger partial charge in [0.2, 0.25) is 0 Å². The average Bonchev–Trinajstić information content (AvgIpc) is 2.60. The van der Waals surface area contributed by atoms with Crippen molar-refractivity contribution in [2.24, 2.45) is 7.05 Å². The van der Waals surface area contributed by atoms with Crippen LogP contribution < -0.4 is 0 Å². The summed E-state index contributed by atoms with van der Waals surface area (Å²) >= 11 is 6.02. The number of hydrogen-bond donors (Lipinski definition) is 0. The third-order valence-electron chi connectivity index (χ3n) is 2.18. The van der Waals surface area contributed by atoms with Crippen LogP contribution in [-0.2, 0) is 11.8 Å². The van der Waals surface area contributed by atoms with Crippen molar-refractivity contribution in [3.8, 4) is 0 Å². The number of halogens is 1. The van der Waals surface area contributed by atoms with Gasteiger partial charge in [0.1, 0.15) is 5.65 Å². The highest BCUT2D eigenvalue weighted by Gasteiger charge is 2.12. The van der Waals surface area contributed by atoms with E-state index in [9.17, 15) is 4.79 Å². The van der Waals surface area contributed by atoms with E-state index in [1.54, 1.807) is 4.57 Å². The molecule has 2 rings (SSSR count). The third-order valence-corrected chi connectivity index (χ3v) is 2.49. The number of aryl methyl sites for hydroxylation is 1. The maximum absolute atomic E-state index is 11.3. The molecule has 0 fully saturated rings. The van der Waals surface area contributed by atoms with E-state index < -0.39 is 5.97 Å². The molecule has 0 unspecified atom stereocenters. The van der Waals surface area contributed by atoms with Crippen LogP contribution in [-0.4, -0.2) is 22.6 Å². The number of pyridine rings is 1. The molecule has 0 aliphatic carbocycles. The monoisotopic (exact) mass is 224 g/mol. The van der Waals surface area contributed by atoms with Crippen LogP contribution in [0.25, 0.3) is 11.0 Å². The van der Waals surface area contributed by atoms with Gasteiger partial charge in [0, 0.05) is 18.6 Å². The Morgan fingerprint density at radius 1 is 1.60 bits per heavy atom. The van der Waals surface area contributed by atoms with Crippen LogP contribution in [0, 0.1) is 0 Å². The van der Waals surface area contributed by atoms with Crippen molar-refractivity contribution in [2.75, 3.05) is 7.11 Å². The fourth-order valence-electron chi connectivity index (χ4n) is 1.40. The highest BCUT2D eigenvalue weighted by atomic mass is 35.5. The van der Waals surface area contributed by atoms with Crippen LogP contribution in [0.2, 0.25) is 5.02 Å². The summed E-state index contributed by atoms with van der Waals surface area (Å²) in [7, 11) is 3.15. The molecule has 15 heavy (non-hydrogen) atoms. The summed E-state index contributed by atoms with van der Waals surface area (Å²) in [5, 5.41) is 1.33. The molecule has 0 bridgehead atoms. The maximum atomic E-state index is 11.3. The Morgan fingerprint density at radius 3 is 3.00 bits per heavy atom. The van der Waals surface area contributed by atoms with E-state index in [1.807, 2.05) is 19.3 Å². The molecule has 5 heteroatoms. The molecule has 0 atom stereocenters. The molecule has 2 aromatic heterocycles. The second-order valence-corrected chi connectivity index (χ2v) is 3.55. The largest absolute Gasteiger partial charge is 0.464 e. The molecular weight excluding hydrogens is 216 g/mol. The topological polar surface area (TPSA) is 44.1 Å². The van der Waals surface area contributed by atoms with Gasteiger partial charge in [0.15, 0.2) is 5.69 Å². The van der Waals surface area contributed by atoms with Gasteiger partial charge < -0.3 is 9.30 Å². The molecule has 0 saturated carbocycles. The van der Waals surface area contributed by atoms with Crippen molar-refractivity contribution in [3.05, 3.63) is 29.0 Å². The van der Waals surface area contributed by atoms with Crippen LogP contribution in [0.5, 0.6) is 0 Å². The predicted octanol–water partition coefficient (Wildman–Crippen LogP) is 2.01. The lowest BCUT2D eigenvalue weighted by Crippen LogP contribution is -2.05. The SMILES string of the molecule is COC(=O)c1cc(Cl)c2ccn(C)c2n1. The summed E-state index contributed by atoms with van der Waals surface area (Å²) in [4.78, 5) is 15.5. The summed E-state index contributed by atoms with van der Waals surface area (Å²) in [5.41, 5.74) is 0.889. The van der Waals surface area contributed by atoms with E-state index in [2.05, 4.69) is 9.72 Å². The number of carbonyl (C=O) groups is 1. The average molecular weight is 225 g/mol. The zero-order chi connectivity index (χ0) is 11.0. The summed E-state index contributed by atoms with van der Waals surface area (Å²) in [5.74, 6) is -0.486. The molecule has 0 N–H and O–H groups in total. The number of rotatable bonds is 1. The number of nitrogens with zero attached hydrogens (tertiary/aromatic N) is 2. The number of ether oxygens (including phenoxy) is 1. The summed E-state index contributed by atoms with van der Waals surface area (Å²) in [6.45, 7) is 0. The molecule has 0 aliphatic rings. The minimum absolute atomic E-state index is 0.219. The number of methoxy groups -OCH3 is 1.